The highest BCUT2D eigenvalue weighted by Crippen LogP contribution is 2.30. The van der Waals surface area contributed by atoms with E-state index in [-0.39, 0.29) is 18.1 Å². The van der Waals surface area contributed by atoms with Crippen molar-refractivity contribution in [3.8, 4) is 0 Å². The number of pyridine rings is 1. The molecule has 0 aliphatic heterocycles. The Bertz CT molecular complexity index is 947. The maximum absolute atomic E-state index is 12.7. The van der Waals surface area contributed by atoms with Gasteiger partial charge < -0.3 is 10.6 Å². The van der Waals surface area contributed by atoms with Crippen LogP contribution in [-0.2, 0) is 16.7 Å². The van der Waals surface area contributed by atoms with E-state index in [2.05, 4.69) is 15.6 Å². The van der Waals surface area contributed by atoms with Crippen molar-refractivity contribution in [3.63, 3.8) is 0 Å². The summed E-state index contributed by atoms with van der Waals surface area (Å²) in [6.45, 7) is -0.140. The predicted octanol–water partition coefficient (Wildman–Crippen LogP) is 5.44. The van der Waals surface area contributed by atoms with Crippen molar-refractivity contribution in [3.05, 3.63) is 84.2 Å². The Balaban J connectivity index is 1.48. The number of aromatic nitrogens is 1. The van der Waals surface area contributed by atoms with E-state index in [0.717, 1.165) is 28.3 Å². The lowest BCUT2D eigenvalue weighted by molar-refractivity contribution is -0.137. The molecule has 8 heteroatoms. The van der Waals surface area contributed by atoms with Crippen LogP contribution in [0.4, 0.5) is 24.5 Å². The van der Waals surface area contributed by atoms with Crippen molar-refractivity contribution in [1.29, 1.82) is 0 Å². The first kappa shape index (κ1) is 20.7. The Labute approximate surface area is 170 Å². The van der Waals surface area contributed by atoms with Gasteiger partial charge in [-0.3, -0.25) is 9.78 Å². The number of carbonyl (C=O) groups excluding carboxylic acids is 1. The smallest absolute Gasteiger partial charge is 0.376 e. The molecule has 0 spiro atoms. The van der Waals surface area contributed by atoms with Gasteiger partial charge in [-0.1, -0.05) is 12.1 Å². The number of amides is 1. The molecule has 150 valence electrons. The van der Waals surface area contributed by atoms with Crippen LogP contribution in [0.3, 0.4) is 0 Å². The number of rotatable bonds is 7. The average Bonchev–Trinajstić information content (AvgIpc) is 2.72. The van der Waals surface area contributed by atoms with Gasteiger partial charge in [0.05, 0.1) is 12.1 Å². The Morgan fingerprint density at radius 1 is 1.00 bits per heavy atom. The number of carbonyl (C=O) groups is 1. The fraction of sp³-hybridized carbons (Fsp3) is 0.143. The fourth-order valence-electron chi connectivity index (χ4n) is 2.48. The lowest BCUT2D eigenvalue weighted by Crippen LogP contribution is -2.21. The van der Waals surface area contributed by atoms with Gasteiger partial charge in [-0.2, -0.15) is 13.2 Å². The van der Waals surface area contributed by atoms with E-state index in [1.54, 1.807) is 30.1 Å². The molecule has 1 amide bonds. The molecule has 2 aromatic carbocycles. The van der Waals surface area contributed by atoms with E-state index in [0.29, 0.717) is 5.69 Å². The molecule has 0 unspecified atom stereocenters. The third kappa shape index (κ3) is 6.53. The SMILES string of the molecule is O=C(CNc1cccc(C(F)(F)F)c1)Nc1ccc(SCc2cccnc2)cc1. The number of hydrogen-bond acceptors (Lipinski definition) is 4. The second kappa shape index (κ2) is 9.47. The molecular formula is C21H18F3N3OS. The third-order valence-corrected chi connectivity index (χ3v) is 4.99. The van der Waals surface area contributed by atoms with Crippen LogP contribution < -0.4 is 10.6 Å². The van der Waals surface area contributed by atoms with Gasteiger partial charge in [0.2, 0.25) is 5.91 Å². The zero-order valence-corrected chi connectivity index (χ0v) is 16.1. The molecule has 2 N–H and O–H groups in total. The number of halogens is 3. The molecule has 3 rings (SSSR count). The molecule has 0 saturated heterocycles. The minimum Gasteiger partial charge on any atom is -0.376 e. The number of alkyl halides is 3. The van der Waals surface area contributed by atoms with Gasteiger partial charge in [0, 0.05) is 34.4 Å². The van der Waals surface area contributed by atoms with E-state index in [1.165, 1.54) is 12.1 Å². The highest BCUT2D eigenvalue weighted by atomic mass is 32.2. The predicted molar refractivity (Wildman–Crippen MR) is 109 cm³/mol. The van der Waals surface area contributed by atoms with Gasteiger partial charge in [-0.05, 0) is 54.1 Å². The standard InChI is InChI=1S/C21H18F3N3OS/c22-21(23,24)16-4-1-5-18(11-16)26-13-20(28)27-17-6-8-19(9-7-17)29-14-15-3-2-10-25-12-15/h1-12,26H,13-14H2,(H,27,28). The molecule has 1 heterocycles. The highest BCUT2D eigenvalue weighted by Gasteiger charge is 2.30. The van der Waals surface area contributed by atoms with Gasteiger partial charge in [0.25, 0.3) is 0 Å². The second-order valence-corrected chi connectivity index (χ2v) is 7.20. The van der Waals surface area contributed by atoms with Crippen LogP contribution in [0.1, 0.15) is 11.1 Å². The highest BCUT2D eigenvalue weighted by molar-refractivity contribution is 7.98. The summed E-state index contributed by atoms with van der Waals surface area (Å²) in [6, 6.07) is 16.0. The van der Waals surface area contributed by atoms with Gasteiger partial charge in [-0.15, -0.1) is 11.8 Å². The summed E-state index contributed by atoms with van der Waals surface area (Å²) in [5.74, 6) is 0.443. The monoisotopic (exact) mass is 417 g/mol. The summed E-state index contributed by atoms with van der Waals surface area (Å²) in [5.41, 5.74) is 1.21. The quantitative estimate of drug-likeness (QED) is 0.503. The molecule has 0 radical (unpaired) electrons. The summed E-state index contributed by atoms with van der Waals surface area (Å²) < 4.78 is 38.2. The Morgan fingerprint density at radius 3 is 2.48 bits per heavy atom. The second-order valence-electron chi connectivity index (χ2n) is 6.15. The summed E-state index contributed by atoms with van der Waals surface area (Å²) in [6.07, 6.45) is -0.872. The largest absolute Gasteiger partial charge is 0.416 e. The van der Waals surface area contributed by atoms with Gasteiger partial charge >= 0.3 is 6.18 Å². The topological polar surface area (TPSA) is 54.0 Å². The zero-order valence-electron chi connectivity index (χ0n) is 15.2. The molecule has 0 saturated carbocycles. The van der Waals surface area contributed by atoms with Crippen LogP contribution >= 0.6 is 11.8 Å². The van der Waals surface area contributed by atoms with E-state index in [9.17, 15) is 18.0 Å². The van der Waals surface area contributed by atoms with E-state index >= 15 is 0 Å². The van der Waals surface area contributed by atoms with E-state index in [4.69, 9.17) is 0 Å². The van der Waals surface area contributed by atoms with Crippen LogP contribution in [0, 0.1) is 0 Å². The first-order valence-electron chi connectivity index (χ1n) is 8.73. The Kier molecular flexibility index (Phi) is 6.77. The van der Waals surface area contributed by atoms with Crippen molar-refractivity contribution in [2.45, 2.75) is 16.8 Å². The normalized spacial score (nSPS) is 11.1. The number of nitrogens with zero attached hydrogens (tertiary/aromatic N) is 1. The number of hydrogen-bond donors (Lipinski definition) is 2. The van der Waals surface area contributed by atoms with Crippen LogP contribution in [0.25, 0.3) is 0 Å². The number of thioether (sulfide) groups is 1. The summed E-state index contributed by atoms with van der Waals surface area (Å²) in [5, 5.41) is 5.42. The van der Waals surface area contributed by atoms with Crippen LogP contribution in [0.5, 0.6) is 0 Å². The lowest BCUT2D eigenvalue weighted by atomic mass is 10.2. The minimum absolute atomic E-state index is 0.140. The van der Waals surface area contributed by atoms with Gasteiger partial charge in [0.1, 0.15) is 0 Å². The molecular weight excluding hydrogens is 399 g/mol. The van der Waals surface area contributed by atoms with Crippen LogP contribution in [0.2, 0.25) is 0 Å². The average molecular weight is 417 g/mol. The van der Waals surface area contributed by atoms with Gasteiger partial charge in [-0.25, -0.2) is 0 Å². The summed E-state index contributed by atoms with van der Waals surface area (Å²) in [4.78, 5) is 17.2. The third-order valence-electron chi connectivity index (χ3n) is 3.91. The fourth-order valence-corrected chi connectivity index (χ4v) is 3.31. The summed E-state index contributed by atoms with van der Waals surface area (Å²) >= 11 is 1.65. The van der Waals surface area contributed by atoms with Crippen molar-refractivity contribution >= 4 is 29.0 Å². The van der Waals surface area contributed by atoms with Crippen molar-refractivity contribution in [2.24, 2.45) is 0 Å². The molecule has 0 fully saturated rings. The first-order valence-corrected chi connectivity index (χ1v) is 9.71. The molecule has 0 atom stereocenters. The molecule has 3 aromatic rings. The minimum atomic E-state index is -4.42. The number of nitrogens with one attached hydrogen (secondary N) is 2. The Morgan fingerprint density at radius 2 is 1.79 bits per heavy atom. The number of anilines is 2. The zero-order chi connectivity index (χ0) is 20.7. The molecule has 1 aromatic heterocycles. The Hall–Kier alpha value is -3.00. The van der Waals surface area contributed by atoms with Crippen LogP contribution in [-0.4, -0.2) is 17.4 Å². The first-order chi connectivity index (χ1) is 13.9. The van der Waals surface area contributed by atoms with E-state index in [1.807, 2.05) is 30.5 Å². The molecule has 29 heavy (non-hydrogen) atoms. The maximum atomic E-state index is 12.7. The molecule has 0 bridgehead atoms. The maximum Gasteiger partial charge on any atom is 0.416 e. The van der Waals surface area contributed by atoms with Crippen molar-refractivity contribution < 1.29 is 18.0 Å². The van der Waals surface area contributed by atoms with Gasteiger partial charge in [0.15, 0.2) is 0 Å². The van der Waals surface area contributed by atoms with Crippen molar-refractivity contribution in [2.75, 3.05) is 17.2 Å². The number of benzene rings is 2. The lowest BCUT2D eigenvalue weighted by Gasteiger charge is -2.11. The van der Waals surface area contributed by atoms with Crippen molar-refractivity contribution in [1.82, 2.24) is 4.98 Å². The van der Waals surface area contributed by atoms with Crippen LogP contribution in [0.15, 0.2) is 78.0 Å². The molecule has 0 aliphatic carbocycles. The summed E-state index contributed by atoms with van der Waals surface area (Å²) in [7, 11) is 0. The molecule has 0 aliphatic rings. The molecule has 4 nitrogen and oxygen atoms in total. The van der Waals surface area contributed by atoms with E-state index < -0.39 is 11.7 Å².